The summed E-state index contributed by atoms with van der Waals surface area (Å²) in [6, 6.07) is 17.0. The molecule has 8 heteroatoms. The molecule has 0 unspecified atom stereocenters. The molecule has 0 saturated heterocycles. The Hall–Kier alpha value is -1.81. The van der Waals surface area contributed by atoms with Crippen LogP contribution in [-0.2, 0) is 31.0 Å². The van der Waals surface area contributed by atoms with Gasteiger partial charge in [-0.25, -0.2) is 0 Å². The first-order valence-corrected chi connectivity index (χ1v) is 15.0. The Labute approximate surface area is 218 Å². The number of nitrogens with zero attached hydrogens (tertiary/aromatic N) is 3. The van der Waals surface area contributed by atoms with E-state index in [1.807, 2.05) is 27.6 Å². The van der Waals surface area contributed by atoms with Crippen LogP contribution in [0, 0.1) is 0 Å². The maximum absolute atomic E-state index is 13.2. The first-order valence-electron chi connectivity index (χ1n) is 11.4. The van der Waals surface area contributed by atoms with Crippen molar-refractivity contribution in [1.29, 1.82) is 0 Å². The van der Waals surface area contributed by atoms with E-state index in [4.69, 9.17) is 0 Å². The van der Waals surface area contributed by atoms with Crippen molar-refractivity contribution in [2.24, 2.45) is 0 Å². The topological polar surface area (TPSA) is 26.8 Å². The van der Waals surface area contributed by atoms with Crippen molar-refractivity contribution < 1.29 is 4.79 Å². The average Bonchev–Trinajstić information content (AvgIpc) is 3.62. The molecule has 4 heterocycles. The van der Waals surface area contributed by atoms with Gasteiger partial charge in [0.05, 0.1) is 19.6 Å². The molecule has 4 nitrogen and oxygen atoms in total. The summed E-state index contributed by atoms with van der Waals surface area (Å²) in [5, 5.41) is 8.45. The van der Waals surface area contributed by atoms with Crippen molar-refractivity contribution in [3.63, 3.8) is 0 Å². The second kappa shape index (κ2) is 13.3. The van der Waals surface area contributed by atoms with Crippen LogP contribution in [0.4, 0.5) is 0 Å². The van der Waals surface area contributed by atoms with Crippen LogP contribution in [-0.4, -0.2) is 47.3 Å². The number of carbonyl (C=O) groups is 1. The molecule has 0 aliphatic heterocycles. The highest BCUT2D eigenvalue weighted by atomic mass is 32.1. The third-order valence-electron chi connectivity index (χ3n) is 5.54. The van der Waals surface area contributed by atoms with E-state index in [1.165, 1.54) is 19.5 Å². The summed E-state index contributed by atoms with van der Waals surface area (Å²) < 4.78 is 0. The smallest absolute Gasteiger partial charge is 0.237 e. The number of amides is 1. The Balaban J connectivity index is 1.28. The Kier molecular flexibility index (Phi) is 9.91. The molecular formula is C26H31N3OS4. The molecule has 4 rings (SSSR count). The molecule has 0 bridgehead atoms. The van der Waals surface area contributed by atoms with Gasteiger partial charge in [-0.05, 0) is 65.8 Å². The molecule has 0 spiro atoms. The van der Waals surface area contributed by atoms with Gasteiger partial charge in [-0.2, -0.15) is 0 Å². The molecule has 0 aliphatic rings. The monoisotopic (exact) mass is 529 g/mol. The predicted octanol–water partition coefficient (Wildman–Crippen LogP) is 6.49. The molecule has 0 saturated carbocycles. The molecule has 0 aromatic carbocycles. The first-order chi connectivity index (χ1) is 16.7. The lowest BCUT2D eigenvalue weighted by molar-refractivity contribution is -0.133. The number of rotatable bonds is 14. The Morgan fingerprint density at radius 3 is 1.53 bits per heavy atom. The summed E-state index contributed by atoms with van der Waals surface area (Å²) >= 11 is 7.07. The molecule has 0 aliphatic carbocycles. The van der Waals surface area contributed by atoms with Crippen LogP contribution in [0.3, 0.4) is 0 Å². The lowest BCUT2D eigenvalue weighted by Crippen LogP contribution is -2.39. The predicted molar refractivity (Wildman–Crippen MR) is 148 cm³/mol. The minimum atomic E-state index is 0.193. The molecule has 0 N–H and O–H groups in total. The zero-order valence-electron chi connectivity index (χ0n) is 19.5. The molecule has 1 amide bonds. The molecule has 4 aromatic rings. The summed E-state index contributed by atoms with van der Waals surface area (Å²) in [5.41, 5.74) is 0. The van der Waals surface area contributed by atoms with E-state index in [0.29, 0.717) is 19.6 Å². The lowest BCUT2D eigenvalue weighted by atomic mass is 10.3. The van der Waals surface area contributed by atoms with E-state index in [-0.39, 0.29) is 5.91 Å². The lowest BCUT2D eigenvalue weighted by Gasteiger charge is -2.26. The number of hydrogen-bond acceptors (Lipinski definition) is 7. The molecule has 0 fully saturated rings. The normalized spacial score (nSPS) is 11.5. The highest BCUT2D eigenvalue weighted by molar-refractivity contribution is 7.10. The van der Waals surface area contributed by atoms with Gasteiger partial charge >= 0.3 is 0 Å². The van der Waals surface area contributed by atoms with Crippen LogP contribution in [0.2, 0.25) is 0 Å². The fourth-order valence-corrected chi connectivity index (χ4v) is 6.78. The van der Waals surface area contributed by atoms with Crippen molar-refractivity contribution in [2.45, 2.75) is 32.6 Å². The van der Waals surface area contributed by atoms with Crippen LogP contribution in [0.1, 0.15) is 25.9 Å². The van der Waals surface area contributed by atoms with Gasteiger partial charge < -0.3 is 4.90 Å². The van der Waals surface area contributed by atoms with Crippen LogP contribution in [0.5, 0.6) is 0 Å². The molecular weight excluding hydrogens is 499 g/mol. The summed E-state index contributed by atoms with van der Waals surface area (Å²) in [4.78, 5) is 25.2. The van der Waals surface area contributed by atoms with E-state index in [1.54, 1.807) is 22.7 Å². The summed E-state index contributed by atoms with van der Waals surface area (Å²) in [6.07, 6.45) is 1.04. The van der Waals surface area contributed by atoms with Gasteiger partial charge in [-0.15, -0.1) is 45.3 Å². The SMILES string of the molecule is CN(CCCN(Cc1cccs1)Cc1cccs1)CC(=O)N(Cc1cccs1)Cc1cccs1. The van der Waals surface area contributed by atoms with Gasteiger partial charge in [0.1, 0.15) is 0 Å². The molecule has 4 aromatic heterocycles. The average molecular weight is 530 g/mol. The van der Waals surface area contributed by atoms with E-state index in [9.17, 15) is 4.79 Å². The van der Waals surface area contributed by atoms with E-state index >= 15 is 0 Å². The van der Waals surface area contributed by atoms with Gasteiger partial charge in [-0.1, -0.05) is 24.3 Å². The minimum Gasteiger partial charge on any atom is -0.331 e. The summed E-state index contributed by atoms with van der Waals surface area (Å²) in [5.74, 6) is 0.193. The largest absolute Gasteiger partial charge is 0.331 e. The van der Waals surface area contributed by atoms with Crippen molar-refractivity contribution in [3.8, 4) is 0 Å². The quantitative estimate of drug-likeness (QED) is 0.187. The van der Waals surface area contributed by atoms with Crippen molar-refractivity contribution in [1.82, 2.24) is 14.7 Å². The van der Waals surface area contributed by atoms with Crippen molar-refractivity contribution >= 4 is 51.3 Å². The number of carbonyl (C=O) groups excluding carboxylic acids is 1. The number of likely N-dealkylation sites (N-methyl/N-ethyl adjacent to an activating group) is 1. The van der Waals surface area contributed by atoms with E-state index in [0.717, 1.165) is 32.6 Å². The Bertz CT molecular complexity index is 987. The van der Waals surface area contributed by atoms with Gasteiger partial charge in [0.25, 0.3) is 0 Å². The van der Waals surface area contributed by atoms with Crippen LogP contribution in [0.25, 0.3) is 0 Å². The standard InChI is InChI=1S/C26H31N3OS4/c1-27(11-6-12-28(17-22-7-2-13-31-22)18-23-8-3-14-32-23)21-26(30)29(19-24-9-4-15-33-24)20-25-10-5-16-34-25/h2-5,7-10,13-16H,6,11-12,17-21H2,1H3. The van der Waals surface area contributed by atoms with Crippen LogP contribution in [0.15, 0.2) is 70.1 Å². The summed E-state index contributed by atoms with van der Waals surface area (Å²) in [6.45, 7) is 5.69. The third-order valence-corrected chi connectivity index (χ3v) is 8.99. The second-order valence-electron chi connectivity index (χ2n) is 8.37. The summed E-state index contributed by atoms with van der Waals surface area (Å²) in [7, 11) is 2.06. The Morgan fingerprint density at radius 2 is 1.12 bits per heavy atom. The zero-order valence-corrected chi connectivity index (χ0v) is 22.7. The number of hydrogen-bond donors (Lipinski definition) is 0. The second-order valence-corrected chi connectivity index (χ2v) is 12.5. The molecule has 0 atom stereocenters. The first kappa shape index (κ1) is 25.3. The van der Waals surface area contributed by atoms with Crippen molar-refractivity contribution in [2.75, 3.05) is 26.7 Å². The maximum Gasteiger partial charge on any atom is 0.237 e. The number of thiophene rings is 4. The maximum atomic E-state index is 13.2. The minimum absolute atomic E-state index is 0.193. The van der Waals surface area contributed by atoms with Crippen LogP contribution < -0.4 is 0 Å². The van der Waals surface area contributed by atoms with Gasteiger partial charge in [-0.3, -0.25) is 14.6 Å². The molecule has 180 valence electrons. The van der Waals surface area contributed by atoms with Gasteiger partial charge in [0, 0.05) is 39.1 Å². The third kappa shape index (κ3) is 8.15. The highest BCUT2D eigenvalue weighted by Gasteiger charge is 2.18. The van der Waals surface area contributed by atoms with E-state index in [2.05, 4.69) is 86.9 Å². The van der Waals surface area contributed by atoms with E-state index < -0.39 is 0 Å². The van der Waals surface area contributed by atoms with Gasteiger partial charge in [0.15, 0.2) is 0 Å². The highest BCUT2D eigenvalue weighted by Crippen LogP contribution is 2.19. The Morgan fingerprint density at radius 1 is 0.676 bits per heavy atom. The molecule has 0 radical (unpaired) electrons. The molecule has 34 heavy (non-hydrogen) atoms. The van der Waals surface area contributed by atoms with Crippen molar-refractivity contribution in [3.05, 3.63) is 89.6 Å². The fraction of sp³-hybridized carbons (Fsp3) is 0.346. The fourth-order valence-electron chi connectivity index (χ4n) is 3.85. The van der Waals surface area contributed by atoms with Gasteiger partial charge in [0.2, 0.25) is 5.91 Å². The van der Waals surface area contributed by atoms with Crippen LogP contribution >= 0.6 is 45.3 Å². The zero-order chi connectivity index (χ0) is 23.6.